The zero-order valence-corrected chi connectivity index (χ0v) is 34.3. The number of ether oxygens (including phenoxy) is 1. The van der Waals surface area contributed by atoms with Gasteiger partial charge in [-0.15, -0.1) is 11.8 Å². The van der Waals surface area contributed by atoms with Gasteiger partial charge in [0, 0.05) is 32.9 Å². The van der Waals surface area contributed by atoms with Crippen molar-refractivity contribution in [2.24, 2.45) is 0 Å². The molecular weight excluding hydrogens is 737 g/mol. The third-order valence-corrected chi connectivity index (χ3v) is 15.2. The lowest BCUT2D eigenvalue weighted by atomic mass is 9.79. The van der Waals surface area contributed by atoms with Gasteiger partial charge in [-0.25, -0.2) is 0 Å². The van der Waals surface area contributed by atoms with Crippen LogP contribution in [0.3, 0.4) is 0 Å². The van der Waals surface area contributed by atoms with Crippen molar-refractivity contribution in [1.82, 2.24) is 0 Å². The van der Waals surface area contributed by atoms with Crippen molar-refractivity contribution >= 4 is 34.4 Å². The van der Waals surface area contributed by atoms with Gasteiger partial charge in [0.25, 0.3) is 0 Å². The predicted molar refractivity (Wildman–Crippen MR) is 246 cm³/mol. The third kappa shape index (κ3) is 5.49. The molecule has 2 saturated heterocycles. The molecule has 12 rings (SSSR count). The summed E-state index contributed by atoms with van der Waals surface area (Å²) in [6.45, 7) is 4.78. The van der Waals surface area contributed by atoms with Crippen molar-refractivity contribution in [3.8, 4) is 28.0 Å². The van der Waals surface area contributed by atoms with Crippen LogP contribution in [0, 0.1) is 0 Å². The molecule has 0 aromatic heterocycles. The summed E-state index contributed by atoms with van der Waals surface area (Å²) in [5, 5.41) is 0.362. The number of para-hydroxylation sites is 1. The number of hydrogen-bond donors (Lipinski definition) is 0. The van der Waals surface area contributed by atoms with Crippen LogP contribution in [0.25, 0.3) is 27.8 Å². The molecule has 2 fully saturated rings. The molecular formula is C55H46N2OS. The molecule has 0 radical (unpaired) electrons. The summed E-state index contributed by atoms with van der Waals surface area (Å²) < 4.78 is 6.81. The second kappa shape index (κ2) is 13.5. The molecule has 0 N–H and O–H groups in total. The average molecular weight is 783 g/mol. The molecule has 4 unspecified atom stereocenters. The highest BCUT2D eigenvalue weighted by Crippen LogP contribution is 2.61. The Morgan fingerprint density at radius 3 is 2.02 bits per heavy atom. The molecule has 6 aromatic rings. The first kappa shape index (κ1) is 35.0. The van der Waals surface area contributed by atoms with Crippen molar-refractivity contribution < 1.29 is 4.74 Å². The molecule has 0 amide bonds. The maximum atomic E-state index is 6.81. The molecule has 3 nitrogen and oxygen atoms in total. The van der Waals surface area contributed by atoms with Gasteiger partial charge in [-0.2, -0.15) is 0 Å². The summed E-state index contributed by atoms with van der Waals surface area (Å²) in [6.07, 6.45) is 13.3. The zero-order chi connectivity index (χ0) is 39.2. The molecule has 4 heteroatoms. The van der Waals surface area contributed by atoms with Crippen LogP contribution in [0.15, 0.2) is 192 Å². The maximum absolute atomic E-state index is 6.81. The van der Waals surface area contributed by atoms with Gasteiger partial charge in [0.15, 0.2) is 0 Å². The van der Waals surface area contributed by atoms with Crippen LogP contribution in [-0.2, 0) is 5.41 Å². The minimum Gasteiger partial charge on any atom is -0.486 e. The molecule has 3 heterocycles. The Balaban J connectivity index is 0.923. The van der Waals surface area contributed by atoms with Crippen LogP contribution >= 0.6 is 11.8 Å². The fraction of sp³-hybridized carbons (Fsp3) is 0.200. The van der Waals surface area contributed by atoms with E-state index in [0.29, 0.717) is 11.3 Å². The van der Waals surface area contributed by atoms with Gasteiger partial charge in [-0.1, -0.05) is 147 Å². The first-order valence-electron chi connectivity index (χ1n) is 21.3. The van der Waals surface area contributed by atoms with Crippen LogP contribution in [-0.4, -0.2) is 23.4 Å². The third-order valence-electron chi connectivity index (χ3n) is 13.8. The Morgan fingerprint density at radius 1 is 0.627 bits per heavy atom. The second-order valence-corrected chi connectivity index (χ2v) is 18.6. The quantitative estimate of drug-likeness (QED) is 0.167. The molecule has 0 saturated carbocycles. The minimum atomic E-state index is -0.0602. The predicted octanol–water partition coefficient (Wildman–Crippen LogP) is 13.6. The van der Waals surface area contributed by atoms with E-state index in [4.69, 9.17) is 4.74 Å². The van der Waals surface area contributed by atoms with E-state index in [1.54, 1.807) is 0 Å². The molecule has 6 aromatic carbocycles. The first-order valence-corrected chi connectivity index (χ1v) is 22.2. The Kier molecular flexibility index (Phi) is 8.04. The van der Waals surface area contributed by atoms with Gasteiger partial charge in [0.2, 0.25) is 0 Å². The number of fused-ring (bicyclic) bond motifs is 10. The number of rotatable bonds is 6. The van der Waals surface area contributed by atoms with Crippen LogP contribution in [0.1, 0.15) is 55.8 Å². The van der Waals surface area contributed by atoms with Crippen molar-refractivity contribution in [3.63, 3.8) is 0 Å². The Morgan fingerprint density at radius 2 is 1.25 bits per heavy atom. The van der Waals surface area contributed by atoms with Crippen LogP contribution in [0.2, 0.25) is 0 Å². The number of allylic oxidation sites excluding steroid dienone is 4. The summed E-state index contributed by atoms with van der Waals surface area (Å²) in [5.74, 6) is 1.04. The number of hydrogen-bond acceptors (Lipinski definition) is 4. The van der Waals surface area contributed by atoms with Gasteiger partial charge >= 0.3 is 0 Å². The standard InChI is InChI=1S/C55H46N2OS/c1-55(2)47-17-9-6-14-43(47)44-33-32-42(34-48(44)55)56(39-26-24-38(25-27-39)37-22-20-36(21-23-37)35-12-4-3-5-13-35)40-28-30-41(31-29-40)57-51-45-15-7-10-18-49(45)58-53(51)54-52(57)46-16-8-11-19-50(46)59-54/h3-7,9-10,12-31,33-34,42,51-54H,8,11,32H2,1-2H3/t42?,51?,52?,53-,54?/m1/s1. The lowest BCUT2D eigenvalue weighted by Gasteiger charge is -2.36. The molecule has 6 aliphatic rings. The van der Waals surface area contributed by atoms with Crippen molar-refractivity contribution in [2.45, 2.75) is 68.0 Å². The van der Waals surface area contributed by atoms with Crippen molar-refractivity contribution in [1.29, 1.82) is 0 Å². The second-order valence-electron chi connectivity index (χ2n) is 17.4. The van der Waals surface area contributed by atoms with E-state index >= 15 is 0 Å². The molecule has 0 spiro atoms. The summed E-state index contributed by atoms with van der Waals surface area (Å²) >= 11 is 2.04. The normalized spacial score (nSPS) is 24.0. The van der Waals surface area contributed by atoms with Gasteiger partial charge in [-0.05, 0) is 112 Å². The van der Waals surface area contributed by atoms with Gasteiger partial charge < -0.3 is 14.5 Å². The first-order chi connectivity index (χ1) is 29.0. The SMILES string of the molecule is CC1(C)C2=CC(N(c3ccc(-c4ccc(-c5ccccc5)cc4)cc3)c3ccc(N4C5C6=CCCC=C6SC5[C@@H]5Oc6ccccc6C54)cc3)CC=C2c2ccccc21. The fourth-order valence-corrected chi connectivity index (χ4v) is 12.6. The lowest BCUT2D eigenvalue weighted by Crippen LogP contribution is -2.35. The summed E-state index contributed by atoms with van der Waals surface area (Å²) in [7, 11) is 0. The van der Waals surface area contributed by atoms with E-state index < -0.39 is 0 Å². The molecule has 288 valence electrons. The highest BCUT2D eigenvalue weighted by atomic mass is 32.2. The topological polar surface area (TPSA) is 15.7 Å². The zero-order valence-electron chi connectivity index (χ0n) is 33.5. The average Bonchev–Trinajstić information content (AvgIpc) is 4.01. The van der Waals surface area contributed by atoms with Crippen LogP contribution < -0.4 is 14.5 Å². The van der Waals surface area contributed by atoms with Crippen molar-refractivity contribution in [2.75, 3.05) is 9.80 Å². The van der Waals surface area contributed by atoms with Gasteiger partial charge in [0.05, 0.1) is 23.4 Å². The minimum absolute atomic E-state index is 0.0602. The molecule has 3 aliphatic heterocycles. The summed E-state index contributed by atoms with van der Waals surface area (Å²) in [6, 6.07) is 56.7. The summed E-state index contributed by atoms with van der Waals surface area (Å²) in [4.78, 5) is 6.74. The molecule has 0 bridgehead atoms. The Bertz CT molecular complexity index is 2740. The monoisotopic (exact) mass is 782 g/mol. The highest BCUT2D eigenvalue weighted by Gasteiger charge is 2.59. The van der Waals surface area contributed by atoms with E-state index in [9.17, 15) is 0 Å². The van der Waals surface area contributed by atoms with Gasteiger partial charge in [0.1, 0.15) is 11.9 Å². The van der Waals surface area contributed by atoms with Crippen LogP contribution in [0.4, 0.5) is 17.1 Å². The highest BCUT2D eigenvalue weighted by molar-refractivity contribution is 8.04. The van der Waals surface area contributed by atoms with E-state index in [-0.39, 0.29) is 23.6 Å². The Hall–Kier alpha value is -5.97. The van der Waals surface area contributed by atoms with Crippen molar-refractivity contribution in [3.05, 3.63) is 209 Å². The maximum Gasteiger partial charge on any atom is 0.138 e. The van der Waals surface area contributed by atoms with Gasteiger partial charge in [-0.3, -0.25) is 0 Å². The molecule has 3 aliphatic carbocycles. The van der Waals surface area contributed by atoms with E-state index in [1.165, 1.54) is 77.6 Å². The largest absolute Gasteiger partial charge is 0.486 e. The Labute approximate surface area is 352 Å². The fourth-order valence-electron chi connectivity index (χ4n) is 11.0. The van der Waals surface area contributed by atoms with E-state index in [1.807, 2.05) is 11.8 Å². The molecule has 59 heavy (non-hydrogen) atoms. The smallest absolute Gasteiger partial charge is 0.138 e. The number of nitrogens with zero attached hydrogens (tertiary/aromatic N) is 2. The number of thioether (sulfide) groups is 1. The molecule has 5 atom stereocenters. The van der Waals surface area contributed by atoms with E-state index in [0.717, 1.165) is 25.0 Å². The van der Waals surface area contributed by atoms with Crippen LogP contribution in [0.5, 0.6) is 5.75 Å². The lowest BCUT2D eigenvalue weighted by molar-refractivity contribution is 0.230. The number of anilines is 3. The van der Waals surface area contributed by atoms with E-state index in [2.05, 4.69) is 200 Å². The number of benzene rings is 6. The summed E-state index contributed by atoms with van der Waals surface area (Å²) in [5.41, 5.74) is 17.0.